The normalized spacial score (nSPS) is 22.2. The Morgan fingerprint density at radius 1 is 0.588 bits per heavy atom. The van der Waals surface area contributed by atoms with Gasteiger partial charge >= 0.3 is 0 Å². The molecule has 2 aliphatic rings. The highest BCUT2D eigenvalue weighted by Gasteiger charge is 2.19. The third-order valence-electron chi connectivity index (χ3n) is 7.15. The summed E-state index contributed by atoms with van der Waals surface area (Å²) in [7, 11) is 8.55. The van der Waals surface area contributed by atoms with Crippen LogP contribution in [0.1, 0.15) is 24.0 Å². The van der Waals surface area contributed by atoms with E-state index in [1.807, 2.05) is 0 Å². The quantitative estimate of drug-likeness (QED) is 0.712. The zero-order valence-corrected chi connectivity index (χ0v) is 21.7. The highest BCUT2D eigenvalue weighted by molar-refractivity contribution is 5.75. The summed E-state index contributed by atoms with van der Waals surface area (Å²) in [6.45, 7) is 10.7. The van der Waals surface area contributed by atoms with Gasteiger partial charge < -0.3 is 20.4 Å². The van der Waals surface area contributed by atoms with E-state index in [1.54, 1.807) is 0 Å². The smallest absolute Gasteiger partial charge is 0.0364 e. The molecule has 2 aromatic rings. The van der Waals surface area contributed by atoms with E-state index in [1.165, 1.54) is 46.5 Å². The summed E-state index contributed by atoms with van der Waals surface area (Å²) in [5, 5.41) is 7.32. The maximum absolute atomic E-state index is 3.66. The first-order chi connectivity index (χ1) is 16.5. The van der Waals surface area contributed by atoms with Crippen LogP contribution in [-0.2, 0) is 13.1 Å². The van der Waals surface area contributed by atoms with Gasteiger partial charge in [0.2, 0.25) is 0 Å². The fourth-order valence-electron chi connectivity index (χ4n) is 5.11. The monoisotopic (exact) mass is 464 g/mol. The average molecular weight is 465 g/mol. The SMILES string of the molecule is CN(C)c1ccc2c(c1)CN1CCCN(CCNCCCNCC1)Cc1cc(N(C)C)ccc1-2. The fourth-order valence-corrected chi connectivity index (χ4v) is 5.11. The lowest BCUT2D eigenvalue weighted by atomic mass is 9.93. The molecule has 2 atom stereocenters. The van der Waals surface area contributed by atoms with Crippen LogP contribution in [0, 0.1) is 0 Å². The largest absolute Gasteiger partial charge is 0.378 e. The summed E-state index contributed by atoms with van der Waals surface area (Å²) in [6, 6.07) is 14.1. The van der Waals surface area contributed by atoms with Gasteiger partial charge in [-0.05, 0) is 85.5 Å². The lowest BCUT2D eigenvalue weighted by molar-refractivity contribution is 0.216. The molecule has 2 heterocycles. The second-order valence-electron chi connectivity index (χ2n) is 10.2. The van der Waals surface area contributed by atoms with Crippen LogP contribution in [0.5, 0.6) is 0 Å². The first-order valence-corrected chi connectivity index (χ1v) is 13.0. The molecule has 2 bridgehead atoms. The molecule has 186 valence electrons. The molecule has 0 radical (unpaired) electrons. The summed E-state index contributed by atoms with van der Waals surface area (Å²) < 4.78 is 0. The van der Waals surface area contributed by atoms with Crippen molar-refractivity contribution in [3.8, 4) is 11.1 Å². The molecule has 4 rings (SSSR count). The Morgan fingerprint density at radius 2 is 1.06 bits per heavy atom. The summed E-state index contributed by atoms with van der Waals surface area (Å²) in [5.41, 5.74) is 8.18. The van der Waals surface area contributed by atoms with Crippen molar-refractivity contribution in [2.24, 2.45) is 0 Å². The van der Waals surface area contributed by atoms with Gasteiger partial charge in [-0.3, -0.25) is 9.80 Å². The molecular formula is C28H44N6. The zero-order valence-electron chi connectivity index (χ0n) is 21.7. The highest BCUT2D eigenvalue weighted by atomic mass is 15.2. The number of benzene rings is 2. The third-order valence-corrected chi connectivity index (χ3v) is 7.15. The molecule has 0 saturated carbocycles. The Hall–Kier alpha value is -2.12. The van der Waals surface area contributed by atoms with E-state index >= 15 is 0 Å². The summed E-state index contributed by atoms with van der Waals surface area (Å²) >= 11 is 0. The van der Waals surface area contributed by atoms with Gasteiger partial charge in [-0.1, -0.05) is 12.1 Å². The minimum absolute atomic E-state index is 0.995. The number of hydrogen-bond acceptors (Lipinski definition) is 6. The molecule has 0 aliphatic carbocycles. The van der Waals surface area contributed by atoms with Crippen LogP contribution in [0.3, 0.4) is 0 Å². The fraction of sp³-hybridized carbons (Fsp3) is 0.571. The minimum atomic E-state index is 0.995. The molecule has 34 heavy (non-hydrogen) atoms. The predicted molar refractivity (Wildman–Crippen MR) is 146 cm³/mol. The summed E-state index contributed by atoms with van der Waals surface area (Å²) in [6.07, 6.45) is 2.38. The topological polar surface area (TPSA) is 37.0 Å². The predicted octanol–water partition coefficient (Wildman–Crippen LogP) is 3.08. The molecule has 0 spiro atoms. The Bertz CT molecular complexity index is 852. The number of rotatable bonds is 2. The van der Waals surface area contributed by atoms with Crippen molar-refractivity contribution in [1.82, 2.24) is 20.4 Å². The molecular weight excluding hydrogens is 420 g/mol. The lowest BCUT2D eigenvalue weighted by Gasteiger charge is -2.26. The first-order valence-electron chi connectivity index (χ1n) is 13.0. The van der Waals surface area contributed by atoms with Gasteiger partial charge in [0.15, 0.2) is 0 Å². The van der Waals surface area contributed by atoms with Gasteiger partial charge in [0.05, 0.1) is 0 Å². The Labute approximate surface area is 206 Å². The van der Waals surface area contributed by atoms with E-state index in [9.17, 15) is 0 Å². The van der Waals surface area contributed by atoms with Gasteiger partial charge in [-0.2, -0.15) is 0 Å². The molecule has 0 amide bonds. The number of nitrogens with zero attached hydrogens (tertiary/aromatic N) is 4. The van der Waals surface area contributed by atoms with Crippen LogP contribution in [0.2, 0.25) is 0 Å². The maximum Gasteiger partial charge on any atom is 0.0364 e. The highest BCUT2D eigenvalue weighted by Crippen LogP contribution is 2.34. The van der Waals surface area contributed by atoms with Gasteiger partial charge in [-0.25, -0.2) is 0 Å². The standard InChI is InChI=1S/C28H44N6/c1-31(2)25-7-9-27-23(19-25)21-33-15-6-16-34(18-14-30-12-5-11-29-13-17-33)22-24-20-26(32(3)4)8-10-28(24)27/h7-10,19-20,29-30H,5-6,11-18,21-22H2,1-4H3. The molecule has 2 aliphatic heterocycles. The third kappa shape index (κ3) is 6.51. The second-order valence-corrected chi connectivity index (χ2v) is 10.2. The van der Waals surface area contributed by atoms with Crippen molar-refractivity contribution in [3.63, 3.8) is 0 Å². The molecule has 1 fully saturated rings. The van der Waals surface area contributed by atoms with E-state index in [2.05, 4.69) is 94.8 Å². The van der Waals surface area contributed by atoms with Crippen molar-refractivity contribution in [2.75, 3.05) is 90.3 Å². The van der Waals surface area contributed by atoms with Crippen LogP contribution in [0.4, 0.5) is 11.4 Å². The van der Waals surface area contributed by atoms with E-state index in [4.69, 9.17) is 0 Å². The minimum Gasteiger partial charge on any atom is -0.378 e. The molecule has 6 nitrogen and oxygen atoms in total. The lowest BCUT2D eigenvalue weighted by Crippen LogP contribution is -2.38. The molecule has 2 unspecified atom stereocenters. The Morgan fingerprint density at radius 3 is 1.50 bits per heavy atom. The molecule has 2 N–H and O–H groups in total. The molecule has 6 heteroatoms. The van der Waals surface area contributed by atoms with Crippen molar-refractivity contribution < 1.29 is 0 Å². The summed E-state index contributed by atoms with van der Waals surface area (Å²) in [5.74, 6) is 0. The van der Waals surface area contributed by atoms with Gasteiger partial charge in [0.1, 0.15) is 0 Å². The number of fused-ring (bicyclic) bond motifs is 7. The van der Waals surface area contributed by atoms with Gasteiger partial charge in [-0.15, -0.1) is 0 Å². The van der Waals surface area contributed by atoms with Crippen molar-refractivity contribution in [2.45, 2.75) is 25.9 Å². The van der Waals surface area contributed by atoms with Crippen LogP contribution in [-0.4, -0.2) is 90.3 Å². The second kappa shape index (κ2) is 12.0. The molecule has 0 aromatic heterocycles. The maximum atomic E-state index is 3.66. The molecule has 1 saturated heterocycles. The number of anilines is 2. The van der Waals surface area contributed by atoms with E-state index in [0.29, 0.717) is 0 Å². The van der Waals surface area contributed by atoms with Crippen LogP contribution < -0.4 is 20.4 Å². The van der Waals surface area contributed by atoms with E-state index in [0.717, 1.165) is 65.4 Å². The van der Waals surface area contributed by atoms with Gasteiger partial charge in [0, 0.05) is 78.8 Å². The van der Waals surface area contributed by atoms with Crippen LogP contribution in [0.15, 0.2) is 36.4 Å². The number of nitrogens with one attached hydrogen (secondary N) is 2. The Balaban J connectivity index is 1.80. The van der Waals surface area contributed by atoms with Crippen molar-refractivity contribution in [1.29, 1.82) is 0 Å². The average Bonchev–Trinajstić information content (AvgIpc) is 2.84. The zero-order chi connectivity index (χ0) is 23.9. The van der Waals surface area contributed by atoms with E-state index in [-0.39, 0.29) is 0 Å². The number of hydrogen-bond donors (Lipinski definition) is 2. The van der Waals surface area contributed by atoms with Gasteiger partial charge in [0.25, 0.3) is 0 Å². The van der Waals surface area contributed by atoms with E-state index < -0.39 is 0 Å². The van der Waals surface area contributed by atoms with Crippen molar-refractivity contribution >= 4 is 11.4 Å². The Kier molecular flexibility index (Phi) is 8.84. The summed E-state index contributed by atoms with van der Waals surface area (Å²) in [4.78, 5) is 9.76. The van der Waals surface area contributed by atoms with Crippen LogP contribution in [0.25, 0.3) is 11.1 Å². The first kappa shape index (κ1) is 25.0. The van der Waals surface area contributed by atoms with Crippen molar-refractivity contribution in [3.05, 3.63) is 47.5 Å². The molecule has 2 aromatic carbocycles. The van der Waals surface area contributed by atoms with Crippen LogP contribution >= 0.6 is 0 Å².